The number of rotatable bonds is 7. The molecular weight excluding hydrogens is 326 g/mol. The van der Waals surface area contributed by atoms with Crippen LogP contribution in [0, 0.1) is 0 Å². The minimum absolute atomic E-state index is 0.119. The van der Waals surface area contributed by atoms with Crippen LogP contribution >= 0.6 is 11.3 Å². The third kappa shape index (κ3) is 5.43. The van der Waals surface area contributed by atoms with E-state index >= 15 is 0 Å². The van der Waals surface area contributed by atoms with Gasteiger partial charge in [0.15, 0.2) is 0 Å². The number of carbonyl (C=O) groups is 2. The molecule has 1 aromatic heterocycles. The predicted octanol–water partition coefficient (Wildman–Crippen LogP) is 2.90. The fourth-order valence-corrected chi connectivity index (χ4v) is 2.94. The zero-order valence-electron chi connectivity index (χ0n) is 13.8. The fraction of sp³-hybridized carbons (Fsp3) is 0.353. The molecule has 128 valence electrons. The van der Waals surface area contributed by atoms with Crippen LogP contribution in [0.15, 0.2) is 35.7 Å². The Morgan fingerprint density at radius 3 is 2.67 bits per heavy atom. The molecule has 2 aromatic rings. The van der Waals surface area contributed by atoms with Gasteiger partial charge in [0.25, 0.3) is 0 Å². The molecule has 0 spiro atoms. The summed E-state index contributed by atoms with van der Waals surface area (Å²) in [6.07, 6.45) is -0.710. The minimum Gasteiger partial charge on any atom is -0.450 e. The molecule has 0 unspecified atom stereocenters. The standard InChI is InChI=1S/C17H21N3O3S/c1-3-20(11-15(21)19-17(22)23-4-2)10-14-12-24-16(18-14)13-8-6-5-7-9-13/h5-9,12H,3-4,10-11H2,1-2H3,(H,19,21,22). The average Bonchev–Trinajstić information content (AvgIpc) is 3.03. The molecule has 0 fully saturated rings. The van der Waals surface area contributed by atoms with Crippen LogP contribution in [-0.4, -0.2) is 41.6 Å². The van der Waals surface area contributed by atoms with E-state index in [1.54, 1.807) is 18.3 Å². The Kier molecular flexibility index (Phi) is 6.89. The summed E-state index contributed by atoms with van der Waals surface area (Å²) in [7, 11) is 0. The molecule has 2 amide bonds. The summed E-state index contributed by atoms with van der Waals surface area (Å²) in [6.45, 7) is 5.23. The first-order valence-electron chi connectivity index (χ1n) is 7.81. The molecule has 2 rings (SSSR count). The number of ether oxygens (including phenoxy) is 1. The minimum atomic E-state index is -0.710. The number of carbonyl (C=O) groups excluding carboxylic acids is 2. The molecule has 0 aliphatic carbocycles. The number of thiazole rings is 1. The van der Waals surface area contributed by atoms with E-state index in [0.29, 0.717) is 13.1 Å². The number of imide groups is 1. The summed E-state index contributed by atoms with van der Waals surface area (Å²) >= 11 is 1.58. The summed E-state index contributed by atoms with van der Waals surface area (Å²) in [5.41, 5.74) is 1.99. The maximum absolute atomic E-state index is 11.8. The molecule has 0 saturated heterocycles. The molecular formula is C17H21N3O3S. The Labute approximate surface area is 145 Å². The number of aromatic nitrogens is 1. The molecule has 0 atom stereocenters. The van der Waals surface area contributed by atoms with Crippen molar-refractivity contribution >= 4 is 23.3 Å². The summed E-state index contributed by atoms with van der Waals surface area (Å²) in [5.74, 6) is -0.381. The normalized spacial score (nSPS) is 10.6. The van der Waals surface area contributed by atoms with Gasteiger partial charge in [0.1, 0.15) is 5.01 Å². The zero-order valence-corrected chi connectivity index (χ0v) is 14.6. The Bertz CT molecular complexity index is 673. The van der Waals surface area contributed by atoms with Crippen molar-refractivity contribution < 1.29 is 14.3 Å². The highest BCUT2D eigenvalue weighted by Gasteiger charge is 2.14. The number of benzene rings is 1. The first kappa shape index (κ1) is 18.1. The van der Waals surface area contributed by atoms with Gasteiger partial charge in [-0.15, -0.1) is 11.3 Å². The van der Waals surface area contributed by atoms with Gasteiger partial charge in [-0.05, 0) is 13.5 Å². The van der Waals surface area contributed by atoms with Gasteiger partial charge in [-0.25, -0.2) is 9.78 Å². The molecule has 6 nitrogen and oxygen atoms in total. The maximum Gasteiger partial charge on any atom is 0.413 e. The van der Waals surface area contributed by atoms with Crippen LogP contribution in [0.5, 0.6) is 0 Å². The van der Waals surface area contributed by atoms with Crippen LogP contribution in [-0.2, 0) is 16.1 Å². The first-order chi connectivity index (χ1) is 11.6. The Hall–Kier alpha value is -2.25. The quantitative estimate of drug-likeness (QED) is 0.834. The lowest BCUT2D eigenvalue weighted by Gasteiger charge is -2.18. The molecule has 0 aliphatic heterocycles. The van der Waals surface area contributed by atoms with Gasteiger partial charge in [0, 0.05) is 17.5 Å². The number of nitrogens with zero attached hydrogens (tertiary/aromatic N) is 2. The van der Waals surface area contributed by atoms with E-state index in [0.717, 1.165) is 16.3 Å². The SMILES string of the molecule is CCOC(=O)NC(=O)CN(CC)Cc1csc(-c2ccccc2)n1. The fourth-order valence-electron chi connectivity index (χ4n) is 2.13. The van der Waals surface area contributed by atoms with Crippen LogP contribution in [0.25, 0.3) is 10.6 Å². The van der Waals surface area contributed by atoms with Crippen molar-refractivity contribution in [3.05, 3.63) is 41.4 Å². The van der Waals surface area contributed by atoms with Crippen molar-refractivity contribution in [1.29, 1.82) is 0 Å². The summed E-state index contributed by atoms with van der Waals surface area (Å²) < 4.78 is 4.70. The van der Waals surface area contributed by atoms with Gasteiger partial charge in [0.2, 0.25) is 5.91 Å². The average molecular weight is 347 g/mol. The second-order valence-corrected chi connectivity index (χ2v) is 5.94. The molecule has 0 saturated carbocycles. The van der Waals surface area contributed by atoms with Gasteiger partial charge in [-0.2, -0.15) is 0 Å². The van der Waals surface area contributed by atoms with E-state index < -0.39 is 6.09 Å². The highest BCUT2D eigenvalue weighted by atomic mass is 32.1. The van der Waals surface area contributed by atoms with Crippen molar-refractivity contribution in [3.63, 3.8) is 0 Å². The van der Waals surface area contributed by atoms with Crippen molar-refractivity contribution in [2.75, 3.05) is 19.7 Å². The highest BCUT2D eigenvalue weighted by Crippen LogP contribution is 2.23. The molecule has 7 heteroatoms. The third-order valence-corrected chi connectivity index (χ3v) is 4.23. The second-order valence-electron chi connectivity index (χ2n) is 5.08. The Balaban J connectivity index is 1.92. The maximum atomic E-state index is 11.8. The molecule has 1 N–H and O–H groups in total. The number of likely N-dealkylation sites (N-methyl/N-ethyl adjacent to an activating group) is 1. The topological polar surface area (TPSA) is 71.5 Å². The van der Waals surface area contributed by atoms with Crippen molar-refractivity contribution in [2.24, 2.45) is 0 Å². The lowest BCUT2D eigenvalue weighted by Crippen LogP contribution is -2.40. The number of nitrogens with one attached hydrogen (secondary N) is 1. The predicted molar refractivity (Wildman–Crippen MR) is 93.7 cm³/mol. The van der Waals surface area contributed by atoms with Crippen LogP contribution < -0.4 is 5.32 Å². The van der Waals surface area contributed by atoms with E-state index in [2.05, 4.69) is 10.3 Å². The van der Waals surface area contributed by atoms with Crippen LogP contribution in [0.3, 0.4) is 0 Å². The van der Waals surface area contributed by atoms with Gasteiger partial charge < -0.3 is 4.74 Å². The van der Waals surface area contributed by atoms with Crippen LogP contribution in [0.2, 0.25) is 0 Å². The van der Waals surface area contributed by atoms with Crippen LogP contribution in [0.4, 0.5) is 4.79 Å². The molecule has 24 heavy (non-hydrogen) atoms. The van der Waals surface area contributed by atoms with Gasteiger partial charge in [-0.1, -0.05) is 37.3 Å². The molecule has 0 aliphatic rings. The summed E-state index contributed by atoms with van der Waals surface area (Å²) in [4.78, 5) is 29.6. The molecule has 0 bridgehead atoms. The van der Waals surface area contributed by atoms with Gasteiger partial charge >= 0.3 is 6.09 Å². The number of hydrogen-bond acceptors (Lipinski definition) is 6. The van der Waals surface area contributed by atoms with Crippen LogP contribution in [0.1, 0.15) is 19.5 Å². The number of amides is 2. The van der Waals surface area contributed by atoms with Crippen molar-refractivity contribution in [3.8, 4) is 10.6 Å². The Morgan fingerprint density at radius 2 is 2.00 bits per heavy atom. The first-order valence-corrected chi connectivity index (χ1v) is 8.69. The lowest BCUT2D eigenvalue weighted by molar-refractivity contribution is -0.121. The van der Waals surface area contributed by atoms with E-state index in [9.17, 15) is 9.59 Å². The van der Waals surface area contributed by atoms with E-state index in [-0.39, 0.29) is 19.1 Å². The largest absolute Gasteiger partial charge is 0.450 e. The molecule has 0 radical (unpaired) electrons. The van der Waals surface area contributed by atoms with Crippen molar-refractivity contribution in [1.82, 2.24) is 15.2 Å². The monoisotopic (exact) mass is 347 g/mol. The number of alkyl carbamates (subject to hydrolysis) is 1. The zero-order chi connectivity index (χ0) is 17.4. The highest BCUT2D eigenvalue weighted by molar-refractivity contribution is 7.13. The summed E-state index contributed by atoms with van der Waals surface area (Å²) in [5, 5.41) is 5.15. The van der Waals surface area contributed by atoms with E-state index in [4.69, 9.17) is 4.74 Å². The third-order valence-electron chi connectivity index (χ3n) is 3.29. The van der Waals surface area contributed by atoms with Gasteiger partial charge in [-0.3, -0.25) is 15.0 Å². The lowest BCUT2D eigenvalue weighted by atomic mass is 10.2. The molecule has 1 heterocycles. The summed E-state index contributed by atoms with van der Waals surface area (Å²) in [6, 6.07) is 9.97. The van der Waals surface area contributed by atoms with E-state index in [1.807, 2.05) is 47.5 Å². The molecule has 1 aromatic carbocycles. The smallest absolute Gasteiger partial charge is 0.413 e. The second kappa shape index (κ2) is 9.14. The Morgan fingerprint density at radius 1 is 1.25 bits per heavy atom. The van der Waals surface area contributed by atoms with Crippen molar-refractivity contribution in [2.45, 2.75) is 20.4 Å². The number of hydrogen-bond donors (Lipinski definition) is 1. The van der Waals surface area contributed by atoms with Gasteiger partial charge in [0.05, 0.1) is 18.8 Å². The van der Waals surface area contributed by atoms with E-state index in [1.165, 1.54) is 0 Å².